The molecule has 2 N–H and O–H groups in total. The lowest BCUT2D eigenvalue weighted by Gasteiger charge is -2.30. The van der Waals surface area contributed by atoms with Gasteiger partial charge in [-0.25, -0.2) is 9.69 Å². The Labute approximate surface area is 213 Å². The Morgan fingerprint density at radius 2 is 1.91 bits per heavy atom. The number of H-pyrrole nitrogens is 1. The van der Waals surface area contributed by atoms with E-state index in [-0.39, 0.29) is 24.2 Å². The van der Waals surface area contributed by atoms with Crippen LogP contribution in [0.15, 0.2) is 47.5 Å². The van der Waals surface area contributed by atoms with E-state index in [1.54, 1.807) is 37.3 Å². The minimum Gasteiger partial charge on any atom is -0.504 e. The van der Waals surface area contributed by atoms with Crippen molar-refractivity contribution in [2.45, 2.75) is 23.1 Å². The number of esters is 1. The molecule has 180 valence electrons. The van der Waals surface area contributed by atoms with Crippen LogP contribution >= 0.6 is 35.3 Å². The first-order valence-electron chi connectivity index (χ1n) is 10.8. The van der Waals surface area contributed by atoms with Gasteiger partial charge in [0.05, 0.1) is 35.9 Å². The van der Waals surface area contributed by atoms with Crippen LogP contribution in [0.4, 0.5) is 5.69 Å². The van der Waals surface area contributed by atoms with Crippen molar-refractivity contribution in [3.05, 3.63) is 62.4 Å². The molecule has 0 aliphatic carbocycles. The third-order valence-corrected chi connectivity index (χ3v) is 8.78. The number of aromatic nitrogens is 1. The Hall–Kier alpha value is -3.15. The Balaban J connectivity index is 1.56. The van der Waals surface area contributed by atoms with Gasteiger partial charge in [-0.2, -0.15) is 0 Å². The van der Waals surface area contributed by atoms with Gasteiger partial charge in [0.1, 0.15) is 5.25 Å². The van der Waals surface area contributed by atoms with Gasteiger partial charge in [0.25, 0.3) is 0 Å². The van der Waals surface area contributed by atoms with Crippen LogP contribution in [0, 0.1) is 9.87 Å². The number of aromatic amines is 1. The minimum atomic E-state index is -0.695. The van der Waals surface area contributed by atoms with Crippen LogP contribution < -0.4 is 9.64 Å². The van der Waals surface area contributed by atoms with Gasteiger partial charge in [-0.15, -0.1) is 11.3 Å². The highest BCUT2D eigenvalue weighted by Gasteiger charge is 2.56. The molecule has 0 unspecified atom stereocenters. The molecule has 2 amide bonds. The van der Waals surface area contributed by atoms with Crippen LogP contribution in [0.25, 0.3) is 0 Å². The number of thioether (sulfide) groups is 1. The molecule has 3 atom stereocenters. The molecule has 2 aliphatic heterocycles. The van der Waals surface area contributed by atoms with Crippen molar-refractivity contribution >= 4 is 58.8 Å². The normalized spacial score (nSPS) is 21.0. The summed E-state index contributed by atoms with van der Waals surface area (Å²) in [6, 6.07) is 11.2. The number of nitrogens with zero attached hydrogens (tertiary/aromatic N) is 1. The first kappa shape index (κ1) is 23.6. The van der Waals surface area contributed by atoms with Crippen LogP contribution in [-0.4, -0.2) is 46.8 Å². The summed E-state index contributed by atoms with van der Waals surface area (Å²) in [6.07, 6.45) is 0. The molecule has 8 nitrogen and oxygen atoms in total. The number of ether oxygens (including phenoxy) is 2. The Morgan fingerprint density at radius 3 is 2.57 bits per heavy atom. The van der Waals surface area contributed by atoms with Gasteiger partial charge in [0.15, 0.2) is 15.5 Å². The molecular weight excluding hydrogens is 508 g/mol. The molecule has 3 heterocycles. The third kappa shape index (κ3) is 3.93. The maximum atomic E-state index is 13.8. The number of fused-ring (bicyclic) bond motifs is 2. The number of phenols is 1. The molecule has 11 heteroatoms. The summed E-state index contributed by atoms with van der Waals surface area (Å²) >= 11 is 8.01. The second-order valence-corrected chi connectivity index (χ2v) is 10.8. The number of benzene rings is 2. The van der Waals surface area contributed by atoms with Gasteiger partial charge in [-0.05, 0) is 61.1 Å². The van der Waals surface area contributed by atoms with E-state index in [0.717, 1.165) is 9.90 Å². The summed E-state index contributed by atoms with van der Waals surface area (Å²) in [5, 5.41) is 10.5. The molecule has 1 saturated heterocycles. The molecule has 0 bridgehead atoms. The van der Waals surface area contributed by atoms with Crippen molar-refractivity contribution in [1.29, 1.82) is 0 Å². The van der Waals surface area contributed by atoms with Crippen molar-refractivity contribution in [2.75, 3.05) is 18.6 Å². The minimum absolute atomic E-state index is 0.0522. The van der Waals surface area contributed by atoms with E-state index in [2.05, 4.69) is 4.98 Å². The molecule has 2 aliphatic rings. The molecule has 1 aromatic heterocycles. The number of methoxy groups -OCH3 is 1. The average molecular weight is 529 g/mol. The predicted molar refractivity (Wildman–Crippen MR) is 134 cm³/mol. The predicted octanol–water partition coefficient (Wildman–Crippen LogP) is 4.49. The first-order chi connectivity index (χ1) is 16.8. The second kappa shape index (κ2) is 9.14. The van der Waals surface area contributed by atoms with Crippen molar-refractivity contribution in [3.63, 3.8) is 0 Å². The summed E-state index contributed by atoms with van der Waals surface area (Å²) < 4.78 is 10.7. The van der Waals surface area contributed by atoms with Gasteiger partial charge in [-0.3, -0.25) is 9.59 Å². The topological polar surface area (TPSA) is 109 Å². The molecule has 35 heavy (non-hydrogen) atoms. The maximum Gasteiger partial charge on any atom is 0.338 e. The summed E-state index contributed by atoms with van der Waals surface area (Å²) in [6.45, 7) is 1.97. The molecular formula is C24H20N2O6S3. The molecule has 0 spiro atoms. The lowest BCUT2D eigenvalue weighted by Crippen LogP contribution is -2.32. The number of hydrogen-bond donors (Lipinski definition) is 2. The van der Waals surface area contributed by atoms with E-state index in [4.69, 9.17) is 21.7 Å². The summed E-state index contributed by atoms with van der Waals surface area (Å²) in [4.78, 5) is 44.5. The highest BCUT2D eigenvalue weighted by atomic mass is 32.2. The van der Waals surface area contributed by atoms with Crippen LogP contribution in [0.3, 0.4) is 0 Å². The van der Waals surface area contributed by atoms with Gasteiger partial charge in [-0.1, -0.05) is 17.8 Å². The summed E-state index contributed by atoms with van der Waals surface area (Å²) in [5.41, 5.74) is 1.41. The Kier molecular flexibility index (Phi) is 6.16. The molecule has 3 aromatic rings. The smallest absolute Gasteiger partial charge is 0.338 e. The van der Waals surface area contributed by atoms with E-state index in [1.165, 1.54) is 47.2 Å². The molecule has 1 fully saturated rings. The van der Waals surface area contributed by atoms with Gasteiger partial charge in [0.2, 0.25) is 11.8 Å². The lowest BCUT2D eigenvalue weighted by atomic mass is 9.83. The van der Waals surface area contributed by atoms with Crippen LogP contribution in [0.5, 0.6) is 11.5 Å². The van der Waals surface area contributed by atoms with Gasteiger partial charge < -0.3 is 19.6 Å². The van der Waals surface area contributed by atoms with E-state index < -0.39 is 23.1 Å². The zero-order chi connectivity index (χ0) is 24.9. The van der Waals surface area contributed by atoms with Crippen molar-refractivity contribution in [2.24, 2.45) is 5.92 Å². The number of anilines is 1. The fourth-order valence-corrected chi connectivity index (χ4v) is 7.45. The second-order valence-electron chi connectivity index (χ2n) is 7.96. The summed E-state index contributed by atoms with van der Waals surface area (Å²) in [7, 11) is 1.46. The molecule has 2 aromatic carbocycles. The average Bonchev–Trinajstić information content (AvgIpc) is 3.33. The molecule has 0 saturated carbocycles. The zero-order valence-electron chi connectivity index (χ0n) is 18.6. The number of phenolic OH excluding ortho intramolecular Hbond substituents is 1. The van der Waals surface area contributed by atoms with Crippen molar-refractivity contribution < 1.29 is 29.0 Å². The standard InChI is InChI=1S/C24H20N2O6S3/c1-3-32-23(30)11-4-7-13(8-5-11)26-21(28)17-16(12-6-9-15(31-2)14(27)10-12)18-20(25-24(33)35-18)34-19(17)22(26)29/h4-10,16-17,19,27H,3H2,1-2H3,(H,25,33)/t16-,17+,19-/m1/s1. The fourth-order valence-electron chi connectivity index (χ4n) is 4.49. The van der Waals surface area contributed by atoms with E-state index >= 15 is 0 Å². The van der Waals surface area contributed by atoms with Crippen molar-refractivity contribution in [1.82, 2.24) is 4.98 Å². The summed E-state index contributed by atoms with van der Waals surface area (Å²) in [5.74, 6) is -2.07. The SMILES string of the molecule is CCOC(=O)c1ccc(N2C(=O)[C@H]3[C@@H](c4ccc(OC)c(O)c4)c4sc(=S)[nH]c4S[C@H]3C2=O)cc1. The maximum absolute atomic E-state index is 13.8. The number of aromatic hydroxyl groups is 1. The van der Waals surface area contributed by atoms with E-state index in [0.29, 0.717) is 26.5 Å². The van der Waals surface area contributed by atoms with Crippen LogP contribution in [0.1, 0.15) is 33.6 Å². The van der Waals surface area contributed by atoms with Crippen LogP contribution in [-0.2, 0) is 14.3 Å². The van der Waals surface area contributed by atoms with Gasteiger partial charge >= 0.3 is 5.97 Å². The number of hydrogen-bond acceptors (Lipinski definition) is 9. The molecule has 0 radical (unpaired) electrons. The number of rotatable bonds is 5. The monoisotopic (exact) mass is 528 g/mol. The van der Waals surface area contributed by atoms with E-state index in [1.807, 2.05) is 0 Å². The fraction of sp³-hybridized carbons (Fsp3) is 0.250. The van der Waals surface area contributed by atoms with Crippen molar-refractivity contribution in [3.8, 4) is 11.5 Å². The molecule has 5 rings (SSSR count). The quantitative estimate of drug-likeness (QED) is 0.283. The Morgan fingerprint density at radius 1 is 1.17 bits per heavy atom. The lowest BCUT2D eigenvalue weighted by molar-refractivity contribution is -0.122. The van der Waals surface area contributed by atoms with Crippen LogP contribution in [0.2, 0.25) is 0 Å². The Bertz CT molecular complexity index is 1400. The van der Waals surface area contributed by atoms with E-state index in [9.17, 15) is 19.5 Å². The number of nitrogens with one attached hydrogen (secondary N) is 1. The number of amides is 2. The first-order valence-corrected chi connectivity index (χ1v) is 12.9. The largest absolute Gasteiger partial charge is 0.504 e. The highest BCUT2D eigenvalue weighted by Crippen LogP contribution is 2.54. The van der Waals surface area contributed by atoms with Gasteiger partial charge in [0, 0.05) is 10.8 Å². The third-order valence-electron chi connectivity index (χ3n) is 6.02. The highest BCUT2D eigenvalue weighted by molar-refractivity contribution is 8.01. The number of carbonyl (C=O) groups is 3. The number of thiazole rings is 1. The number of imide groups is 1. The zero-order valence-corrected chi connectivity index (χ0v) is 21.1. The number of carbonyl (C=O) groups excluding carboxylic acids is 3.